The van der Waals surface area contributed by atoms with Gasteiger partial charge in [-0.1, -0.05) is 13.0 Å². The molecule has 0 heterocycles. The van der Waals surface area contributed by atoms with Crippen LogP contribution in [0.4, 0.5) is 11.4 Å². The quantitative estimate of drug-likeness (QED) is 0.723. The van der Waals surface area contributed by atoms with Crippen LogP contribution in [0.2, 0.25) is 0 Å². The number of hydrogen-bond donors (Lipinski definition) is 3. The molecule has 25 heavy (non-hydrogen) atoms. The van der Waals surface area contributed by atoms with E-state index in [-0.39, 0.29) is 18.4 Å². The zero-order chi connectivity index (χ0) is 18.2. The molecule has 0 unspecified atom stereocenters. The molecule has 0 aliphatic rings. The van der Waals surface area contributed by atoms with Gasteiger partial charge >= 0.3 is 0 Å². The predicted molar refractivity (Wildman–Crippen MR) is 102 cm³/mol. The van der Waals surface area contributed by atoms with Crippen molar-refractivity contribution in [2.24, 2.45) is 0 Å². The summed E-state index contributed by atoms with van der Waals surface area (Å²) < 4.78 is 0. The van der Waals surface area contributed by atoms with Crippen LogP contribution in [0, 0.1) is 13.8 Å². The van der Waals surface area contributed by atoms with Gasteiger partial charge in [0.25, 0.3) is 5.91 Å². The number of amides is 2. The number of carbonyl (C=O) groups is 2. The summed E-state index contributed by atoms with van der Waals surface area (Å²) in [7, 11) is 0. The van der Waals surface area contributed by atoms with E-state index in [4.69, 9.17) is 0 Å². The Morgan fingerprint density at radius 2 is 1.56 bits per heavy atom. The molecule has 0 bridgehead atoms. The lowest BCUT2D eigenvalue weighted by Crippen LogP contribution is -2.24. The lowest BCUT2D eigenvalue weighted by Gasteiger charge is -2.10. The normalized spacial score (nSPS) is 10.2. The summed E-state index contributed by atoms with van der Waals surface area (Å²) in [5.41, 5.74) is 4.48. The maximum Gasteiger partial charge on any atom is 0.251 e. The van der Waals surface area contributed by atoms with Crippen LogP contribution in [-0.4, -0.2) is 24.9 Å². The number of aryl methyl sites for hydroxylation is 2. The van der Waals surface area contributed by atoms with E-state index >= 15 is 0 Å². The lowest BCUT2D eigenvalue weighted by molar-refractivity contribution is -0.114. The monoisotopic (exact) mass is 339 g/mol. The minimum Gasteiger partial charge on any atom is -0.376 e. The average molecular weight is 339 g/mol. The predicted octanol–water partition coefficient (Wildman–Crippen LogP) is 3.49. The van der Waals surface area contributed by atoms with Crippen LogP contribution < -0.4 is 16.0 Å². The van der Waals surface area contributed by atoms with Gasteiger partial charge in [0.15, 0.2) is 0 Å². The van der Waals surface area contributed by atoms with Gasteiger partial charge in [0, 0.05) is 23.5 Å². The molecule has 0 saturated carbocycles. The highest BCUT2D eigenvalue weighted by Gasteiger charge is 2.06. The van der Waals surface area contributed by atoms with Crippen molar-refractivity contribution in [3.8, 4) is 0 Å². The van der Waals surface area contributed by atoms with Crippen molar-refractivity contribution in [3.05, 3.63) is 59.2 Å². The zero-order valence-corrected chi connectivity index (χ0v) is 15.0. The van der Waals surface area contributed by atoms with Crippen molar-refractivity contribution in [3.63, 3.8) is 0 Å². The van der Waals surface area contributed by atoms with Crippen molar-refractivity contribution in [2.45, 2.75) is 27.2 Å². The van der Waals surface area contributed by atoms with Crippen molar-refractivity contribution in [1.29, 1.82) is 0 Å². The van der Waals surface area contributed by atoms with Gasteiger partial charge in [0.05, 0.1) is 6.54 Å². The van der Waals surface area contributed by atoms with Gasteiger partial charge in [-0.3, -0.25) is 9.59 Å². The molecule has 2 aromatic carbocycles. The van der Waals surface area contributed by atoms with Crippen molar-refractivity contribution < 1.29 is 9.59 Å². The molecular formula is C20H25N3O2. The number of hydrogen-bond acceptors (Lipinski definition) is 3. The Morgan fingerprint density at radius 1 is 0.920 bits per heavy atom. The average Bonchev–Trinajstić information content (AvgIpc) is 2.58. The number of nitrogens with one attached hydrogen (secondary N) is 3. The highest BCUT2D eigenvalue weighted by molar-refractivity contribution is 5.96. The van der Waals surface area contributed by atoms with E-state index in [2.05, 4.69) is 22.0 Å². The highest BCUT2D eigenvalue weighted by atomic mass is 16.2. The van der Waals surface area contributed by atoms with Gasteiger partial charge in [-0.15, -0.1) is 0 Å². The number of anilines is 2. The standard InChI is InChI=1S/C20H25N3O2/c1-4-9-21-20(25)16-5-7-17(8-6-16)23-19(24)13-22-18-11-14(2)10-15(3)12-18/h5-8,10-12,22H,4,9,13H2,1-3H3,(H,21,25)(H,23,24). The van der Waals surface area contributed by atoms with E-state index in [0.29, 0.717) is 17.8 Å². The summed E-state index contributed by atoms with van der Waals surface area (Å²) in [6, 6.07) is 13.0. The molecular weight excluding hydrogens is 314 g/mol. The van der Waals surface area contributed by atoms with Crippen LogP contribution in [0.5, 0.6) is 0 Å². The molecule has 132 valence electrons. The molecule has 0 aliphatic carbocycles. The van der Waals surface area contributed by atoms with Gasteiger partial charge < -0.3 is 16.0 Å². The van der Waals surface area contributed by atoms with E-state index in [1.165, 1.54) is 0 Å². The maximum atomic E-state index is 12.1. The largest absolute Gasteiger partial charge is 0.376 e. The molecule has 0 spiro atoms. The molecule has 0 aliphatic heterocycles. The Balaban J connectivity index is 1.86. The maximum absolute atomic E-state index is 12.1. The second-order valence-electron chi connectivity index (χ2n) is 6.11. The van der Waals surface area contributed by atoms with Crippen molar-refractivity contribution in [2.75, 3.05) is 23.7 Å². The molecule has 0 atom stereocenters. The van der Waals surface area contributed by atoms with Crippen LogP contribution in [0.1, 0.15) is 34.8 Å². The molecule has 5 heteroatoms. The summed E-state index contributed by atoms with van der Waals surface area (Å²) in [5.74, 6) is -0.237. The third-order valence-corrected chi connectivity index (χ3v) is 3.64. The zero-order valence-electron chi connectivity index (χ0n) is 15.0. The van der Waals surface area contributed by atoms with Crippen LogP contribution in [0.15, 0.2) is 42.5 Å². The first-order valence-electron chi connectivity index (χ1n) is 8.48. The summed E-state index contributed by atoms with van der Waals surface area (Å²) >= 11 is 0. The third-order valence-electron chi connectivity index (χ3n) is 3.64. The Labute approximate surface area is 148 Å². The SMILES string of the molecule is CCCNC(=O)c1ccc(NC(=O)CNc2cc(C)cc(C)c2)cc1. The number of carbonyl (C=O) groups excluding carboxylic acids is 2. The molecule has 2 aromatic rings. The number of rotatable bonds is 7. The van der Waals surface area contributed by atoms with E-state index in [9.17, 15) is 9.59 Å². The topological polar surface area (TPSA) is 70.2 Å². The second kappa shape index (κ2) is 8.87. The van der Waals surface area contributed by atoms with Gasteiger partial charge in [-0.05, 0) is 67.8 Å². The minimum absolute atomic E-state index is 0.101. The van der Waals surface area contributed by atoms with Crippen molar-refractivity contribution in [1.82, 2.24) is 5.32 Å². The first-order valence-corrected chi connectivity index (χ1v) is 8.48. The van der Waals surface area contributed by atoms with Crippen molar-refractivity contribution >= 4 is 23.2 Å². The fourth-order valence-electron chi connectivity index (χ4n) is 2.51. The Hall–Kier alpha value is -2.82. The summed E-state index contributed by atoms with van der Waals surface area (Å²) in [6.07, 6.45) is 0.896. The smallest absolute Gasteiger partial charge is 0.251 e. The number of benzene rings is 2. The minimum atomic E-state index is -0.137. The third kappa shape index (κ3) is 5.95. The Kier molecular flexibility index (Phi) is 6.57. The lowest BCUT2D eigenvalue weighted by atomic mass is 10.1. The molecule has 0 fully saturated rings. The molecule has 0 radical (unpaired) electrons. The Morgan fingerprint density at radius 3 is 2.16 bits per heavy atom. The second-order valence-corrected chi connectivity index (χ2v) is 6.11. The highest BCUT2D eigenvalue weighted by Crippen LogP contribution is 2.14. The molecule has 3 N–H and O–H groups in total. The Bertz CT molecular complexity index is 719. The van der Waals surface area contributed by atoms with E-state index in [1.807, 2.05) is 32.9 Å². The van der Waals surface area contributed by atoms with Gasteiger partial charge in [-0.25, -0.2) is 0 Å². The van der Waals surface area contributed by atoms with Crippen LogP contribution in [0.25, 0.3) is 0 Å². The molecule has 5 nitrogen and oxygen atoms in total. The van der Waals surface area contributed by atoms with E-state index in [1.54, 1.807) is 24.3 Å². The molecule has 0 aromatic heterocycles. The van der Waals surface area contributed by atoms with Gasteiger partial charge in [0.1, 0.15) is 0 Å². The van der Waals surface area contributed by atoms with Crippen LogP contribution in [-0.2, 0) is 4.79 Å². The molecule has 0 saturated heterocycles. The molecule has 2 amide bonds. The first-order chi connectivity index (χ1) is 12.0. The van der Waals surface area contributed by atoms with Gasteiger partial charge in [0.2, 0.25) is 5.91 Å². The summed E-state index contributed by atoms with van der Waals surface area (Å²) in [6.45, 7) is 6.89. The van der Waals surface area contributed by atoms with E-state index < -0.39 is 0 Å². The fraction of sp³-hybridized carbons (Fsp3) is 0.300. The van der Waals surface area contributed by atoms with Gasteiger partial charge in [-0.2, -0.15) is 0 Å². The van der Waals surface area contributed by atoms with E-state index in [0.717, 1.165) is 23.2 Å². The fourth-order valence-corrected chi connectivity index (χ4v) is 2.51. The van der Waals surface area contributed by atoms with Crippen LogP contribution >= 0.6 is 0 Å². The summed E-state index contributed by atoms with van der Waals surface area (Å²) in [5, 5.41) is 8.76. The molecule has 2 rings (SSSR count). The summed E-state index contributed by atoms with van der Waals surface area (Å²) in [4.78, 5) is 23.9. The first kappa shape index (κ1) is 18.5. The van der Waals surface area contributed by atoms with Crippen LogP contribution in [0.3, 0.4) is 0 Å².